The van der Waals surface area contributed by atoms with E-state index in [1.807, 2.05) is 24.3 Å². The number of H-pyrrole nitrogens is 1. The predicted molar refractivity (Wildman–Crippen MR) is 102 cm³/mol. The van der Waals surface area contributed by atoms with Crippen molar-refractivity contribution in [1.82, 2.24) is 20.0 Å². The zero-order valence-electron chi connectivity index (χ0n) is 15.1. The van der Waals surface area contributed by atoms with Crippen LogP contribution in [0.3, 0.4) is 0 Å². The summed E-state index contributed by atoms with van der Waals surface area (Å²) in [6.45, 7) is 0. The number of hydrogen-bond acceptors (Lipinski definition) is 5. The number of carbonyl (C=O) groups is 1. The number of esters is 1. The van der Waals surface area contributed by atoms with Gasteiger partial charge in [0.1, 0.15) is 17.6 Å². The van der Waals surface area contributed by atoms with Crippen LogP contribution in [0.25, 0.3) is 28.0 Å². The smallest absolute Gasteiger partial charge is 0.322 e. The number of nitrogens with zero attached hydrogens (tertiary/aromatic N) is 3. The molecule has 0 saturated carbocycles. The third kappa shape index (κ3) is 3.25. The van der Waals surface area contributed by atoms with Crippen molar-refractivity contribution in [2.75, 3.05) is 7.11 Å². The topological polar surface area (TPSA) is 98.8 Å². The molecule has 142 valence electrons. The fourth-order valence-corrected chi connectivity index (χ4v) is 3.17. The van der Waals surface area contributed by atoms with E-state index >= 15 is 0 Å². The van der Waals surface area contributed by atoms with Crippen molar-refractivity contribution in [3.05, 3.63) is 66.1 Å². The van der Waals surface area contributed by atoms with E-state index in [0.29, 0.717) is 17.1 Å². The third-order valence-electron chi connectivity index (χ3n) is 4.53. The molecule has 0 aliphatic rings. The molecule has 0 spiro atoms. The molecule has 2 aromatic heterocycles. The van der Waals surface area contributed by atoms with E-state index in [9.17, 15) is 9.18 Å². The molecule has 3 N–H and O–H groups in total. The van der Waals surface area contributed by atoms with Crippen molar-refractivity contribution >= 4 is 16.9 Å². The fraction of sp³-hybridized carbons (Fsp3) is 0.150. The second-order valence-corrected chi connectivity index (χ2v) is 6.36. The van der Waals surface area contributed by atoms with Gasteiger partial charge in [0.25, 0.3) is 0 Å². The highest BCUT2D eigenvalue weighted by atomic mass is 19.1. The summed E-state index contributed by atoms with van der Waals surface area (Å²) in [5.41, 5.74) is 8.81. The number of nitrogens with two attached hydrogens (primary N) is 1. The Morgan fingerprint density at radius 3 is 2.89 bits per heavy atom. The van der Waals surface area contributed by atoms with Crippen LogP contribution in [0.1, 0.15) is 5.56 Å². The van der Waals surface area contributed by atoms with Crippen molar-refractivity contribution in [3.63, 3.8) is 0 Å². The van der Waals surface area contributed by atoms with E-state index in [0.717, 1.165) is 16.5 Å². The van der Waals surface area contributed by atoms with Crippen LogP contribution in [0.5, 0.6) is 0 Å². The Morgan fingerprint density at radius 2 is 2.11 bits per heavy atom. The van der Waals surface area contributed by atoms with Crippen LogP contribution in [0, 0.1) is 5.82 Å². The summed E-state index contributed by atoms with van der Waals surface area (Å²) in [6, 6.07) is 13.0. The molecule has 28 heavy (non-hydrogen) atoms. The first-order chi connectivity index (χ1) is 13.6. The summed E-state index contributed by atoms with van der Waals surface area (Å²) in [6.07, 6.45) is 1.81. The van der Waals surface area contributed by atoms with Gasteiger partial charge in [-0.15, -0.1) is 9.90 Å². The predicted octanol–water partition coefficient (Wildman–Crippen LogP) is 2.60. The Labute approximate surface area is 159 Å². The van der Waals surface area contributed by atoms with Gasteiger partial charge < -0.3 is 15.5 Å². The number of aromatic nitrogens is 4. The Morgan fingerprint density at radius 1 is 1.29 bits per heavy atom. The monoisotopic (exact) mass is 379 g/mol. The Kier molecular flexibility index (Phi) is 4.62. The zero-order valence-corrected chi connectivity index (χ0v) is 15.1. The molecule has 8 heteroatoms. The van der Waals surface area contributed by atoms with E-state index in [4.69, 9.17) is 10.5 Å². The summed E-state index contributed by atoms with van der Waals surface area (Å²) >= 11 is 0. The molecule has 0 aliphatic heterocycles. The molecule has 0 saturated heterocycles. The highest BCUT2D eigenvalue weighted by molar-refractivity contribution is 5.88. The first-order valence-electron chi connectivity index (χ1n) is 8.68. The number of hydrogen-bond donors (Lipinski definition) is 2. The van der Waals surface area contributed by atoms with Crippen molar-refractivity contribution in [2.24, 2.45) is 5.73 Å². The van der Waals surface area contributed by atoms with Gasteiger partial charge >= 0.3 is 5.97 Å². The van der Waals surface area contributed by atoms with Gasteiger partial charge in [-0.2, -0.15) is 5.10 Å². The van der Waals surface area contributed by atoms with Crippen LogP contribution in [-0.2, 0) is 16.0 Å². The maximum Gasteiger partial charge on any atom is 0.322 e. The van der Waals surface area contributed by atoms with Crippen LogP contribution in [-0.4, -0.2) is 39.1 Å². The average Bonchev–Trinajstić information content (AvgIpc) is 3.32. The number of para-hydroxylation sites is 1. The molecule has 0 aliphatic carbocycles. The Balaban J connectivity index is 1.78. The molecule has 0 radical (unpaired) electrons. The lowest BCUT2D eigenvalue weighted by Crippen LogP contribution is -2.33. The van der Waals surface area contributed by atoms with Gasteiger partial charge in [0.05, 0.1) is 13.3 Å². The van der Waals surface area contributed by atoms with E-state index in [2.05, 4.69) is 15.2 Å². The van der Waals surface area contributed by atoms with Crippen molar-refractivity contribution < 1.29 is 13.9 Å². The number of ether oxygens (including phenoxy) is 1. The minimum absolute atomic E-state index is 0.253. The van der Waals surface area contributed by atoms with Crippen molar-refractivity contribution in [3.8, 4) is 17.1 Å². The van der Waals surface area contributed by atoms with Crippen LogP contribution < -0.4 is 5.73 Å². The molecule has 0 amide bonds. The number of carbonyl (C=O) groups excluding carboxylic acids is 1. The normalized spacial score (nSPS) is 12.2. The third-order valence-corrected chi connectivity index (χ3v) is 4.53. The van der Waals surface area contributed by atoms with Gasteiger partial charge in [0.2, 0.25) is 0 Å². The molecule has 0 bridgehead atoms. The number of benzene rings is 2. The maximum absolute atomic E-state index is 13.5. The lowest BCUT2D eigenvalue weighted by Gasteiger charge is -2.10. The van der Waals surface area contributed by atoms with Gasteiger partial charge in [-0.25, -0.2) is 4.39 Å². The van der Waals surface area contributed by atoms with Gasteiger partial charge in [-0.3, -0.25) is 4.79 Å². The quantitative estimate of drug-likeness (QED) is 0.519. The molecule has 0 unspecified atom stereocenters. The molecule has 7 nitrogen and oxygen atoms in total. The lowest BCUT2D eigenvalue weighted by atomic mass is 10.0. The highest BCUT2D eigenvalue weighted by Gasteiger charge is 2.22. The molecular formula is C20H18FN5O2. The number of halogens is 1. The van der Waals surface area contributed by atoms with Crippen LogP contribution >= 0.6 is 0 Å². The maximum atomic E-state index is 13.5. The van der Waals surface area contributed by atoms with E-state index in [1.165, 1.54) is 24.0 Å². The SMILES string of the molecule is COC(=O)[C@@H](N)Cc1c(-n2ncc(-c3cccc(F)c3)n2)[nH]c2ccccc12. The average molecular weight is 379 g/mol. The molecule has 0 fully saturated rings. The molecular weight excluding hydrogens is 361 g/mol. The lowest BCUT2D eigenvalue weighted by molar-refractivity contribution is -0.142. The second-order valence-electron chi connectivity index (χ2n) is 6.36. The van der Waals surface area contributed by atoms with E-state index < -0.39 is 12.0 Å². The summed E-state index contributed by atoms with van der Waals surface area (Å²) < 4.78 is 18.3. The van der Waals surface area contributed by atoms with Crippen LogP contribution in [0.2, 0.25) is 0 Å². The zero-order chi connectivity index (χ0) is 19.7. The van der Waals surface area contributed by atoms with Crippen molar-refractivity contribution in [1.29, 1.82) is 0 Å². The summed E-state index contributed by atoms with van der Waals surface area (Å²) in [5, 5.41) is 9.70. The molecule has 4 aromatic rings. The number of rotatable bonds is 5. The largest absolute Gasteiger partial charge is 0.468 e. The fourth-order valence-electron chi connectivity index (χ4n) is 3.17. The molecule has 2 aromatic carbocycles. The molecule has 2 heterocycles. The molecule has 1 atom stereocenters. The Bertz CT molecular complexity index is 1150. The van der Waals surface area contributed by atoms with Gasteiger partial charge in [-0.05, 0) is 18.2 Å². The minimum atomic E-state index is -0.818. The number of aromatic amines is 1. The van der Waals surface area contributed by atoms with E-state index in [-0.39, 0.29) is 12.2 Å². The van der Waals surface area contributed by atoms with Gasteiger partial charge in [-0.1, -0.05) is 30.3 Å². The summed E-state index contributed by atoms with van der Waals surface area (Å²) in [4.78, 5) is 16.5. The van der Waals surface area contributed by atoms with Gasteiger partial charge in [0, 0.05) is 28.5 Å². The highest BCUT2D eigenvalue weighted by Crippen LogP contribution is 2.27. The second kappa shape index (κ2) is 7.24. The minimum Gasteiger partial charge on any atom is -0.468 e. The van der Waals surface area contributed by atoms with E-state index in [1.54, 1.807) is 18.3 Å². The summed E-state index contributed by atoms with van der Waals surface area (Å²) in [7, 11) is 1.30. The first-order valence-corrected chi connectivity index (χ1v) is 8.68. The summed E-state index contributed by atoms with van der Waals surface area (Å²) in [5.74, 6) is -0.240. The Hall–Kier alpha value is -3.52. The van der Waals surface area contributed by atoms with Crippen molar-refractivity contribution in [2.45, 2.75) is 12.5 Å². The number of fused-ring (bicyclic) bond motifs is 1. The number of nitrogens with one attached hydrogen (secondary N) is 1. The first kappa shape index (κ1) is 17.9. The molecule has 4 rings (SSSR count). The van der Waals surface area contributed by atoms with Crippen LogP contribution in [0.15, 0.2) is 54.7 Å². The standard InChI is InChI=1S/C20H18FN5O2/c1-28-20(27)16(22)10-15-14-7-2-3-8-17(14)24-19(15)26-23-11-18(25-26)12-5-4-6-13(21)9-12/h2-9,11,16,24H,10,22H2,1H3/t16-/m0/s1. The number of methoxy groups -OCH3 is 1. The van der Waals surface area contributed by atoms with Crippen LogP contribution in [0.4, 0.5) is 4.39 Å². The van der Waals surface area contributed by atoms with Gasteiger partial charge in [0.15, 0.2) is 5.82 Å².